The average Bonchev–Trinajstić information content (AvgIpc) is 3.21. The lowest BCUT2D eigenvalue weighted by Gasteiger charge is -2.26. The molecule has 0 radical (unpaired) electrons. The number of likely N-dealkylation sites (tertiary alicyclic amines) is 1. The molecule has 0 aliphatic carbocycles. The number of nitrogens with one attached hydrogen (secondary N) is 1. The van der Waals surface area contributed by atoms with Crippen LogP contribution in [0.15, 0.2) is 42.5 Å². The zero-order chi connectivity index (χ0) is 23.8. The molecule has 6 heteroatoms. The van der Waals surface area contributed by atoms with Gasteiger partial charge in [-0.25, -0.2) is 4.98 Å². The minimum Gasteiger partial charge on any atom is -0.486 e. The summed E-state index contributed by atoms with van der Waals surface area (Å²) in [5.74, 6) is 2.38. The number of fused-ring (bicyclic) bond motifs is 1. The Kier molecular flexibility index (Phi) is 9.25. The number of para-hydroxylation sites is 1. The van der Waals surface area contributed by atoms with Crippen molar-refractivity contribution in [3.05, 3.63) is 58.9 Å². The standard InChI is InChI=1S/C28H39ClN4O/c1-22(20-30-15-7-18-32-16-4-3-5-17-32)14-19-33-26-9-6-8-23(2)28(26)31-27(33)21-34-25-12-10-24(29)11-13-25/h6,8-13,22,30H,3-5,7,14-21H2,1-2H3. The molecule has 4 rings (SSSR count). The van der Waals surface area contributed by atoms with Crippen LogP contribution in [-0.2, 0) is 13.2 Å². The monoisotopic (exact) mass is 482 g/mol. The van der Waals surface area contributed by atoms with Crippen molar-refractivity contribution in [1.29, 1.82) is 0 Å². The Labute approximate surface area is 209 Å². The van der Waals surface area contributed by atoms with Crippen LogP contribution in [0.5, 0.6) is 5.75 Å². The van der Waals surface area contributed by atoms with Crippen LogP contribution in [0.4, 0.5) is 0 Å². The van der Waals surface area contributed by atoms with E-state index in [2.05, 4.69) is 46.8 Å². The number of nitrogens with zero attached hydrogens (tertiary/aromatic N) is 3. The lowest BCUT2D eigenvalue weighted by atomic mass is 10.1. The fourth-order valence-electron chi connectivity index (χ4n) is 4.78. The summed E-state index contributed by atoms with van der Waals surface area (Å²) in [6, 6.07) is 13.9. The zero-order valence-corrected chi connectivity index (χ0v) is 21.5. The van der Waals surface area contributed by atoms with E-state index in [4.69, 9.17) is 21.3 Å². The molecule has 0 bridgehead atoms. The first-order valence-corrected chi connectivity index (χ1v) is 13.2. The van der Waals surface area contributed by atoms with Gasteiger partial charge >= 0.3 is 0 Å². The highest BCUT2D eigenvalue weighted by Gasteiger charge is 2.14. The smallest absolute Gasteiger partial charge is 0.148 e. The average molecular weight is 483 g/mol. The minimum absolute atomic E-state index is 0.443. The van der Waals surface area contributed by atoms with Crippen LogP contribution >= 0.6 is 11.6 Å². The minimum atomic E-state index is 0.443. The number of halogens is 1. The maximum absolute atomic E-state index is 6.05. The summed E-state index contributed by atoms with van der Waals surface area (Å²) in [7, 11) is 0. The number of hydrogen-bond acceptors (Lipinski definition) is 4. The molecule has 2 aromatic carbocycles. The zero-order valence-electron chi connectivity index (χ0n) is 20.7. The first-order valence-electron chi connectivity index (χ1n) is 12.9. The number of aromatic nitrogens is 2. The van der Waals surface area contributed by atoms with E-state index in [9.17, 15) is 0 Å². The van der Waals surface area contributed by atoms with Crippen LogP contribution in [0.1, 0.15) is 50.4 Å². The maximum atomic E-state index is 6.05. The highest BCUT2D eigenvalue weighted by atomic mass is 35.5. The molecule has 1 aromatic heterocycles. The Bertz CT molecular complexity index is 1030. The van der Waals surface area contributed by atoms with Crippen molar-refractivity contribution in [2.24, 2.45) is 5.92 Å². The van der Waals surface area contributed by atoms with Crippen molar-refractivity contribution < 1.29 is 4.74 Å². The van der Waals surface area contributed by atoms with Crippen molar-refractivity contribution in [2.75, 3.05) is 32.7 Å². The topological polar surface area (TPSA) is 42.3 Å². The van der Waals surface area contributed by atoms with Crippen LogP contribution in [0.3, 0.4) is 0 Å². The van der Waals surface area contributed by atoms with Gasteiger partial charge < -0.3 is 19.5 Å². The number of rotatable bonds is 12. The summed E-state index contributed by atoms with van der Waals surface area (Å²) in [6.45, 7) is 11.8. The fraction of sp³-hybridized carbons (Fsp3) is 0.536. The van der Waals surface area contributed by atoms with Crippen LogP contribution in [0.2, 0.25) is 5.02 Å². The van der Waals surface area contributed by atoms with Crippen LogP contribution in [0.25, 0.3) is 11.0 Å². The molecule has 184 valence electrons. The molecule has 1 atom stereocenters. The molecule has 3 aromatic rings. The summed E-state index contributed by atoms with van der Waals surface area (Å²) in [4.78, 5) is 7.56. The number of aryl methyl sites for hydroxylation is 2. The van der Waals surface area contributed by atoms with Gasteiger partial charge in [-0.3, -0.25) is 0 Å². The molecule has 1 N–H and O–H groups in total. The van der Waals surface area contributed by atoms with Crippen LogP contribution in [-0.4, -0.2) is 47.2 Å². The maximum Gasteiger partial charge on any atom is 0.148 e. The van der Waals surface area contributed by atoms with E-state index in [0.717, 1.165) is 43.1 Å². The fourth-order valence-corrected chi connectivity index (χ4v) is 4.91. The number of piperidine rings is 1. The summed E-state index contributed by atoms with van der Waals surface area (Å²) in [5.41, 5.74) is 3.46. The van der Waals surface area contributed by atoms with Gasteiger partial charge in [0.05, 0.1) is 11.0 Å². The SMILES string of the molecule is Cc1cccc2c1nc(COc1ccc(Cl)cc1)n2CCC(C)CNCCCN1CCCCC1. The Hall–Kier alpha value is -2.08. The van der Waals surface area contributed by atoms with E-state index in [1.54, 1.807) is 0 Å². The van der Waals surface area contributed by atoms with Crippen molar-refractivity contribution in [3.63, 3.8) is 0 Å². The predicted octanol–water partition coefficient (Wildman–Crippen LogP) is 6.07. The molecule has 0 amide bonds. The van der Waals surface area contributed by atoms with Gasteiger partial charge in [0.2, 0.25) is 0 Å². The molecular formula is C28H39ClN4O. The summed E-state index contributed by atoms with van der Waals surface area (Å²) in [6.07, 6.45) is 6.50. The van der Waals surface area contributed by atoms with Gasteiger partial charge in [0.15, 0.2) is 0 Å². The molecule has 1 aliphatic rings. The van der Waals surface area contributed by atoms with E-state index in [-0.39, 0.29) is 0 Å². The van der Waals surface area contributed by atoms with Gasteiger partial charge in [0.1, 0.15) is 18.2 Å². The Morgan fingerprint density at radius 1 is 1.06 bits per heavy atom. The van der Waals surface area contributed by atoms with Gasteiger partial charge in [-0.1, -0.05) is 37.1 Å². The van der Waals surface area contributed by atoms with E-state index >= 15 is 0 Å². The molecule has 34 heavy (non-hydrogen) atoms. The van der Waals surface area contributed by atoms with Crippen molar-refractivity contribution >= 4 is 22.6 Å². The molecule has 2 heterocycles. The lowest BCUT2D eigenvalue weighted by Crippen LogP contribution is -2.32. The second-order valence-electron chi connectivity index (χ2n) is 9.72. The molecule has 1 saturated heterocycles. The summed E-state index contributed by atoms with van der Waals surface area (Å²) < 4.78 is 8.39. The first-order chi connectivity index (χ1) is 16.6. The first kappa shape index (κ1) is 25.0. The molecule has 1 aliphatic heterocycles. The van der Waals surface area contributed by atoms with Gasteiger partial charge in [-0.15, -0.1) is 0 Å². The lowest BCUT2D eigenvalue weighted by molar-refractivity contribution is 0.225. The second kappa shape index (κ2) is 12.6. The third-order valence-corrected chi connectivity index (χ3v) is 7.11. The van der Waals surface area contributed by atoms with Crippen LogP contribution in [0, 0.1) is 12.8 Å². The summed E-state index contributed by atoms with van der Waals surface area (Å²) in [5, 5.41) is 4.39. The quantitative estimate of drug-likeness (QED) is 0.318. The molecule has 1 fully saturated rings. The predicted molar refractivity (Wildman–Crippen MR) is 142 cm³/mol. The third kappa shape index (κ3) is 6.97. The van der Waals surface area contributed by atoms with Crippen molar-refractivity contribution in [3.8, 4) is 5.75 Å². The van der Waals surface area contributed by atoms with Gasteiger partial charge in [0.25, 0.3) is 0 Å². The largest absolute Gasteiger partial charge is 0.486 e. The van der Waals surface area contributed by atoms with Crippen molar-refractivity contribution in [1.82, 2.24) is 19.8 Å². The Morgan fingerprint density at radius 2 is 1.85 bits per heavy atom. The van der Waals surface area contributed by atoms with Gasteiger partial charge in [-0.05, 0) is 107 Å². The number of imidazole rings is 1. The highest BCUT2D eigenvalue weighted by molar-refractivity contribution is 6.30. The Balaban J connectivity index is 1.29. The number of benzene rings is 2. The van der Waals surface area contributed by atoms with Crippen LogP contribution < -0.4 is 10.1 Å². The molecule has 5 nitrogen and oxygen atoms in total. The second-order valence-corrected chi connectivity index (χ2v) is 10.2. The third-order valence-electron chi connectivity index (χ3n) is 6.86. The normalized spacial score (nSPS) is 15.6. The highest BCUT2D eigenvalue weighted by Crippen LogP contribution is 2.23. The van der Waals surface area contributed by atoms with E-state index in [1.165, 1.54) is 56.4 Å². The molecule has 0 spiro atoms. The Morgan fingerprint density at radius 3 is 2.65 bits per heavy atom. The summed E-state index contributed by atoms with van der Waals surface area (Å²) >= 11 is 6.01. The number of hydrogen-bond donors (Lipinski definition) is 1. The number of ether oxygens (including phenoxy) is 1. The van der Waals surface area contributed by atoms with Crippen molar-refractivity contribution in [2.45, 2.75) is 59.1 Å². The van der Waals surface area contributed by atoms with Gasteiger partial charge in [-0.2, -0.15) is 0 Å². The molecule has 0 saturated carbocycles. The molecule has 1 unspecified atom stereocenters. The van der Waals surface area contributed by atoms with E-state index in [0.29, 0.717) is 17.5 Å². The van der Waals surface area contributed by atoms with Gasteiger partial charge in [0, 0.05) is 11.6 Å². The molecular weight excluding hydrogens is 444 g/mol. The van der Waals surface area contributed by atoms with E-state index < -0.39 is 0 Å². The van der Waals surface area contributed by atoms with E-state index in [1.807, 2.05) is 24.3 Å².